The van der Waals surface area contributed by atoms with Crippen molar-refractivity contribution in [1.29, 1.82) is 0 Å². The number of ether oxygens (including phenoxy) is 2. The molecule has 0 unspecified atom stereocenters. The zero-order valence-electron chi connectivity index (χ0n) is 23.9. The Morgan fingerprint density at radius 3 is 2.50 bits per heavy atom. The molecule has 0 bridgehead atoms. The number of ketones is 1. The second-order valence-electron chi connectivity index (χ2n) is 12.5. The number of furan rings is 1. The van der Waals surface area contributed by atoms with E-state index in [9.17, 15) is 23.9 Å². The van der Waals surface area contributed by atoms with Crippen LogP contribution in [0.5, 0.6) is 0 Å². The summed E-state index contributed by atoms with van der Waals surface area (Å²) in [5.41, 5.74) is -7.19. The highest BCUT2D eigenvalue weighted by Crippen LogP contribution is 2.72. The predicted molar refractivity (Wildman–Crippen MR) is 149 cm³/mol. The summed E-state index contributed by atoms with van der Waals surface area (Å²) in [5.74, 6) is -3.98. The molecule has 0 spiro atoms. The minimum Gasteiger partial charge on any atom is -0.457 e. The molecule has 0 radical (unpaired) electrons. The summed E-state index contributed by atoms with van der Waals surface area (Å²) in [6.45, 7) is 6.79. The van der Waals surface area contributed by atoms with Crippen molar-refractivity contribution in [2.24, 2.45) is 28.6 Å². The molecule has 6 rings (SSSR count). The van der Waals surface area contributed by atoms with Gasteiger partial charge >= 0.3 is 5.97 Å². The lowest BCUT2D eigenvalue weighted by Gasteiger charge is -2.63. The minimum absolute atomic E-state index is 0.00739. The second kappa shape index (κ2) is 11.3. The molecule has 230 valence electrons. The third-order valence-corrected chi connectivity index (χ3v) is 11.1. The molecule has 1 N–H and O–H groups in total. The van der Waals surface area contributed by atoms with Crippen LogP contribution in [0.4, 0.5) is 13.2 Å². The third kappa shape index (κ3) is 4.44. The van der Waals surface area contributed by atoms with Crippen LogP contribution in [0.15, 0.2) is 46.6 Å². The summed E-state index contributed by atoms with van der Waals surface area (Å²) < 4.78 is 62.5. The summed E-state index contributed by atoms with van der Waals surface area (Å²) in [7, 11) is 0. The molecule has 0 aromatic carbocycles. The number of alkyl halides is 3. The first-order chi connectivity index (χ1) is 19.9. The maximum Gasteiger partial charge on any atom is 0.375 e. The van der Waals surface area contributed by atoms with Crippen LogP contribution in [0.1, 0.15) is 63.4 Å². The van der Waals surface area contributed by atoms with Gasteiger partial charge in [-0.3, -0.25) is 9.59 Å². The molecule has 42 heavy (non-hydrogen) atoms. The molecular weight excluding hydrogens is 573 g/mol. The van der Waals surface area contributed by atoms with Gasteiger partial charge in [0.2, 0.25) is 10.9 Å². The van der Waals surface area contributed by atoms with Gasteiger partial charge in [-0.1, -0.05) is 19.9 Å². The predicted octanol–water partition coefficient (Wildman–Crippen LogP) is 5.72. The lowest BCUT2D eigenvalue weighted by molar-refractivity contribution is -0.221. The summed E-state index contributed by atoms with van der Waals surface area (Å²) in [5, 5.41) is 10.7. The van der Waals surface area contributed by atoms with E-state index in [1.54, 1.807) is 13.8 Å². The first-order valence-corrected chi connectivity index (χ1v) is 15.4. The van der Waals surface area contributed by atoms with E-state index in [0.717, 1.165) is 19.3 Å². The fraction of sp³-hybridized carbons (Fsp3) is 0.645. The van der Waals surface area contributed by atoms with E-state index in [-0.39, 0.29) is 30.6 Å². The number of aliphatic hydroxyl groups excluding tert-OH is 1. The van der Waals surface area contributed by atoms with Crippen LogP contribution in [-0.4, -0.2) is 64.7 Å². The standard InChI is InChI=1S/C27H29F3O6S.C4H8O/c1-14-9-16-17-11-19(29)18-10-15(31)6-7-24(18,2)26(17,30)21(32)12-25(16,3)27(14,23(34)37-13-28)36-22(33)20-5-4-8-35-20;1-2-4-5-3-1/h4-8,10,14,16-17,19,21,32H,9,11-13H2,1-3H3;1-4H2/t14-,16+,17+,19+,21+,24+,25+,26+,27+;/m1./s1. The van der Waals surface area contributed by atoms with Crippen molar-refractivity contribution in [2.45, 2.75) is 76.4 Å². The summed E-state index contributed by atoms with van der Waals surface area (Å²) in [6.07, 6.45) is 3.71. The zero-order chi connectivity index (χ0) is 30.5. The molecule has 3 saturated carbocycles. The number of esters is 1. The minimum atomic E-state index is -2.35. The summed E-state index contributed by atoms with van der Waals surface area (Å²) in [4.78, 5) is 38.7. The molecule has 7 nitrogen and oxygen atoms in total. The lowest BCUT2D eigenvalue weighted by atomic mass is 9.44. The van der Waals surface area contributed by atoms with E-state index in [1.165, 1.54) is 50.3 Å². The molecule has 1 saturated heterocycles. The van der Waals surface area contributed by atoms with Crippen LogP contribution in [0.3, 0.4) is 0 Å². The Morgan fingerprint density at radius 1 is 1.19 bits per heavy atom. The van der Waals surface area contributed by atoms with Gasteiger partial charge in [-0.25, -0.2) is 18.0 Å². The van der Waals surface area contributed by atoms with Gasteiger partial charge in [0.1, 0.15) is 12.2 Å². The molecule has 1 aliphatic heterocycles. The van der Waals surface area contributed by atoms with Crippen LogP contribution in [-0.2, 0) is 19.1 Å². The fourth-order valence-electron chi connectivity index (χ4n) is 8.48. The normalized spacial score (nSPS) is 42.0. The Hall–Kier alpha value is -2.37. The van der Waals surface area contributed by atoms with Gasteiger partial charge in [0.15, 0.2) is 17.1 Å². The van der Waals surface area contributed by atoms with Crippen LogP contribution < -0.4 is 0 Å². The first-order valence-electron chi connectivity index (χ1n) is 14.4. The number of carbonyl (C=O) groups excluding carboxylic acids is 3. The molecule has 4 aliphatic carbocycles. The average Bonchev–Trinajstić information content (AvgIpc) is 3.72. The van der Waals surface area contributed by atoms with Crippen LogP contribution in [0.25, 0.3) is 0 Å². The topological polar surface area (TPSA) is 103 Å². The Balaban J connectivity index is 0.000000639. The van der Waals surface area contributed by atoms with Gasteiger partial charge in [0, 0.05) is 35.9 Å². The van der Waals surface area contributed by atoms with E-state index < -0.39 is 75.0 Å². The smallest absolute Gasteiger partial charge is 0.375 e. The molecule has 1 aromatic rings. The number of allylic oxidation sites excluding steroid dienone is 4. The van der Waals surface area contributed by atoms with E-state index in [1.807, 2.05) is 0 Å². The van der Waals surface area contributed by atoms with Gasteiger partial charge in [-0.05, 0) is 86.6 Å². The number of thioether (sulfide) groups is 1. The second-order valence-corrected chi connectivity index (χ2v) is 13.3. The van der Waals surface area contributed by atoms with Crippen molar-refractivity contribution >= 4 is 28.6 Å². The summed E-state index contributed by atoms with van der Waals surface area (Å²) >= 11 is 0.352. The number of rotatable bonds is 4. The largest absolute Gasteiger partial charge is 0.457 e. The molecule has 1 aromatic heterocycles. The zero-order valence-corrected chi connectivity index (χ0v) is 24.8. The molecule has 9 atom stereocenters. The van der Waals surface area contributed by atoms with Crippen molar-refractivity contribution in [3.05, 3.63) is 48.0 Å². The highest BCUT2D eigenvalue weighted by atomic mass is 32.2. The lowest BCUT2D eigenvalue weighted by Crippen LogP contribution is -2.70. The Labute approximate surface area is 247 Å². The number of aliphatic hydroxyl groups is 1. The molecule has 2 heterocycles. The Morgan fingerprint density at radius 2 is 1.90 bits per heavy atom. The number of halogens is 3. The van der Waals surface area contributed by atoms with Crippen molar-refractivity contribution < 1.29 is 46.6 Å². The average molecular weight is 611 g/mol. The van der Waals surface area contributed by atoms with Crippen molar-refractivity contribution in [2.75, 3.05) is 19.2 Å². The first kappa shape index (κ1) is 31.1. The van der Waals surface area contributed by atoms with Crippen LogP contribution >= 0.6 is 11.8 Å². The summed E-state index contributed by atoms with van der Waals surface area (Å²) in [6, 6.07) is 1.78. The molecule has 11 heteroatoms. The molecule has 4 fully saturated rings. The van der Waals surface area contributed by atoms with Crippen molar-refractivity contribution in [3.63, 3.8) is 0 Å². The SMILES string of the molecule is C1CCOC1.C[C@@H]1C[C@H]2[C@@H]3C[C@H](F)C4=CC(=O)C=C[C@]4(C)[C@@]3(F)[C@@H](O)C[C@]2(C)[C@@]1(OC(=O)c1ccco1)C(=O)SCF. The van der Waals surface area contributed by atoms with Gasteiger partial charge < -0.3 is 19.0 Å². The quantitative estimate of drug-likeness (QED) is 0.432. The van der Waals surface area contributed by atoms with Crippen molar-refractivity contribution in [1.82, 2.24) is 0 Å². The van der Waals surface area contributed by atoms with E-state index in [2.05, 4.69) is 0 Å². The van der Waals surface area contributed by atoms with E-state index >= 15 is 8.78 Å². The highest BCUT2D eigenvalue weighted by molar-refractivity contribution is 8.13. The van der Waals surface area contributed by atoms with Crippen LogP contribution in [0, 0.1) is 28.6 Å². The molecular formula is C31H37F3O7S. The van der Waals surface area contributed by atoms with Gasteiger partial charge in [0.05, 0.1) is 12.4 Å². The molecule has 5 aliphatic rings. The van der Waals surface area contributed by atoms with Crippen molar-refractivity contribution in [3.8, 4) is 0 Å². The Bertz CT molecular complexity index is 1270. The monoisotopic (exact) mass is 610 g/mol. The fourth-order valence-corrected chi connectivity index (χ4v) is 9.27. The maximum atomic E-state index is 17.4. The Kier molecular flexibility index (Phi) is 8.35. The van der Waals surface area contributed by atoms with Gasteiger partial charge in [-0.15, -0.1) is 0 Å². The number of carbonyl (C=O) groups is 3. The van der Waals surface area contributed by atoms with E-state index in [4.69, 9.17) is 13.9 Å². The van der Waals surface area contributed by atoms with Gasteiger partial charge in [0.25, 0.3) is 0 Å². The highest BCUT2D eigenvalue weighted by Gasteiger charge is 2.78. The maximum absolute atomic E-state index is 17.4. The number of hydrogen-bond acceptors (Lipinski definition) is 8. The van der Waals surface area contributed by atoms with Gasteiger partial charge in [-0.2, -0.15) is 0 Å². The molecule has 0 amide bonds. The third-order valence-electron chi connectivity index (χ3n) is 10.5. The van der Waals surface area contributed by atoms with E-state index in [0.29, 0.717) is 11.8 Å². The number of hydrogen-bond donors (Lipinski definition) is 1. The number of fused-ring (bicyclic) bond motifs is 5. The van der Waals surface area contributed by atoms with Crippen LogP contribution in [0.2, 0.25) is 0 Å².